The van der Waals surface area contributed by atoms with Crippen molar-refractivity contribution in [2.24, 2.45) is 19.5 Å². The first kappa shape index (κ1) is 35.1. The molecule has 1 unspecified atom stereocenters. The van der Waals surface area contributed by atoms with Gasteiger partial charge in [0.25, 0.3) is 0 Å². The van der Waals surface area contributed by atoms with E-state index in [-0.39, 0.29) is 12.1 Å². The van der Waals surface area contributed by atoms with Crippen molar-refractivity contribution >= 4 is 38.9 Å². The number of hydrogen-bond donors (Lipinski definition) is 4. The van der Waals surface area contributed by atoms with Gasteiger partial charge in [-0.2, -0.15) is 29.4 Å². The van der Waals surface area contributed by atoms with Crippen molar-refractivity contribution in [2.75, 3.05) is 24.1 Å². The fourth-order valence-electron chi connectivity index (χ4n) is 7.06. The fourth-order valence-corrected chi connectivity index (χ4v) is 7.63. The summed E-state index contributed by atoms with van der Waals surface area (Å²) in [6.45, 7) is 10.8. The summed E-state index contributed by atoms with van der Waals surface area (Å²) in [6, 6.07) is 2.28. The fraction of sp³-hybridized carbons (Fsp3) is 0.500. The minimum absolute atomic E-state index is 0.0491. The maximum atomic E-state index is 6.52. The molecule has 0 aliphatic heterocycles. The SMILES string of the molecule is CC(Nc1c(Br)c(CCNCCC(C)(C)C)nc2c(-c3cnn(C)c3)cnn12)N[C@@H]1CCC[C@H](c2cc(N)n3ncc(-c4cnn(C)c4)c3n2)C1. The molecule has 6 aromatic heterocycles. The van der Waals surface area contributed by atoms with Crippen LogP contribution in [0.4, 0.5) is 11.6 Å². The van der Waals surface area contributed by atoms with Crippen molar-refractivity contribution in [2.45, 2.75) is 84.3 Å². The normalized spacial score (nSPS) is 17.5. The van der Waals surface area contributed by atoms with Crippen molar-refractivity contribution in [3.63, 3.8) is 0 Å². The zero-order valence-corrected chi connectivity index (χ0v) is 31.9. The first-order valence-electron chi connectivity index (χ1n) is 17.8. The number of hydrogen-bond acceptors (Lipinski definition) is 10. The first-order valence-corrected chi connectivity index (χ1v) is 18.6. The highest BCUT2D eigenvalue weighted by Crippen LogP contribution is 2.36. The summed E-state index contributed by atoms with van der Waals surface area (Å²) in [4.78, 5) is 10.3. The second kappa shape index (κ2) is 14.4. The number of nitrogen functional groups attached to an aromatic ring is 1. The summed E-state index contributed by atoms with van der Waals surface area (Å²) in [6.07, 6.45) is 17.4. The van der Waals surface area contributed by atoms with Gasteiger partial charge in [0.15, 0.2) is 11.3 Å². The molecule has 270 valence electrons. The molecule has 0 aromatic carbocycles. The number of halogens is 1. The van der Waals surface area contributed by atoms with Gasteiger partial charge in [0.2, 0.25) is 0 Å². The van der Waals surface area contributed by atoms with Gasteiger partial charge in [-0.15, -0.1) is 0 Å². The highest BCUT2D eigenvalue weighted by Gasteiger charge is 2.28. The Labute approximate surface area is 306 Å². The molecular weight excluding hydrogens is 708 g/mol. The second-order valence-corrected chi connectivity index (χ2v) is 15.9. The quantitative estimate of drug-likeness (QED) is 0.0921. The lowest BCUT2D eigenvalue weighted by Gasteiger charge is -2.32. The van der Waals surface area contributed by atoms with E-state index in [0.717, 1.165) is 107 Å². The molecule has 0 bridgehead atoms. The number of nitrogens with two attached hydrogens (primary N) is 1. The molecule has 7 rings (SSSR count). The van der Waals surface area contributed by atoms with E-state index in [1.54, 1.807) is 13.9 Å². The van der Waals surface area contributed by atoms with Crippen LogP contribution in [-0.2, 0) is 20.5 Å². The van der Waals surface area contributed by atoms with Crippen LogP contribution in [0.25, 0.3) is 33.5 Å². The molecule has 3 atom stereocenters. The van der Waals surface area contributed by atoms with Crippen LogP contribution in [-0.4, -0.2) is 74.1 Å². The summed E-state index contributed by atoms with van der Waals surface area (Å²) in [5, 5.41) is 29.3. The van der Waals surface area contributed by atoms with E-state index in [1.807, 2.05) is 61.9 Å². The van der Waals surface area contributed by atoms with Gasteiger partial charge in [-0.05, 0) is 60.5 Å². The lowest BCUT2D eigenvalue weighted by atomic mass is 9.83. The Bertz CT molecular complexity index is 2130. The van der Waals surface area contributed by atoms with Crippen LogP contribution in [0.5, 0.6) is 0 Å². The van der Waals surface area contributed by atoms with E-state index >= 15 is 0 Å². The van der Waals surface area contributed by atoms with Gasteiger partial charge in [0.1, 0.15) is 11.6 Å². The maximum absolute atomic E-state index is 6.52. The molecule has 1 aliphatic carbocycles. The predicted molar refractivity (Wildman–Crippen MR) is 204 cm³/mol. The molecule has 0 radical (unpaired) electrons. The highest BCUT2D eigenvalue weighted by atomic mass is 79.9. The van der Waals surface area contributed by atoms with Crippen molar-refractivity contribution in [3.05, 3.63) is 59.1 Å². The van der Waals surface area contributed by atoms with Gasteiger partial charge >= 0.3 is 0 Å². The third-order valence-corrected chi connectivity index (χ3v) is 10.6. The zero-order valence-electron chi connectivity index (χ0n) is 30.4. The van der Waals surface area contributed by atoms with E-state index in [1.165, 1.54) is 0 Å². The molecule has 15 heteroatoms. The largest absolute Gasteiger partial charge is 0.384 e. The summed E-state index contributed by atoms with van der Waals surface area (Å²) >= 11 is 3.92. The number of anilines is 2. The van der Waals surface area contributed by atoms with E-state index < -0.39 is 0 Å². The monoisotopic (exact) mass is 756 g/mol. The molecule has 1 saturated carbocycles. The van der Waals surface area contributed by atoms with Crippen molar-refractivity contribution in [3.8, 4) is 22.3 Å². The minimum atomic E-state index is -0.0491. The molecule has 5 N–H and O–H groups in total. The van der Waals surface area contributed by atoms with Crippen molar-refractivity contribution in [1.29, 1.82) is 0 Å². The summed E-state index contributed by atoms with van der Waals surface area (Å²) < 4.78 is 8.12. The first-order chi connectivity index (χ1) is 24.4. The summed E-state index contributed by atoms with van der Waals surface area (Å²) in [5.74, 6) is 1.74. The van der Waals surface area contributed by atoms with Gasteiger partial charge in [-0.25, -0.2) is 9.97 Å². The standard InChI is InChI=1S/C36H49BrN14/c1-22(44-26-9-7-8-23(14-26)30-15-31(38)50-33(47-30)27(18-42-50)24-16-40-48(5)20-24)45-35-32(37)29(10-12-39-13-11-36(2,3)4)46-34-28(19-43-51(34)35)25-17-41-49(6)21-25/h15-23,26,39,44-45H,7-14,38H2,1-6H3/t22?,23-,26+/m0/s1. The Kier molecular flexibility index (Phi) is 9.87. The Morgan fingerprint density at radius 2 is 1.57 bits per heavy atom. The molecule has 6 aromatic rings. The molecule has 0 amide bonds. The van der Waals surface area contributed by atoms with Crippen LogP contribution in [0.3, 0.4) is 0 Å². The third-order valence-electron chi connectivity index (χ3n) is 9.73. The van der Waals surface area contributed by atoms with Gasteiger partial charge in [0.05, 0.1) is 41.1 Å². The number of aryl methyl sites for hydroxylation is 2. The second-order valence-electron chi connectivity index (χ2n) is 15.1. The third kappa shape index (κ3) is 7.65. The number of aromatic nitrogens is 10. The zero-order chi connectivity index (χ0) is 35.9. The van der Waals surface area contributed by atoms with Gasteiger partial charge in [0, 0.05) is 85.4 Å². The van der Waals surface area contributed by atoms with Crippen LogP contribution in [0.15, 0.2) is 47.7 Å². The van der Waals surface area contributed by atoms with Gasteiger partial charge in [-0.1, -0.05) is 27.2 Å². The predicted octanol–water partition coefficient (Wildman–Crippen LogP) is 5.56. The number of nitrogens with zero attached hydrogens (tertiary/aromatic N) is 10. The summed E-state index contributed by atoms with van der Waals surface area (Å²) in [7, 11) is 3.83. The highest BCUT2D eigenvalue weighted by molar-refractivity contribution is 9.10. The molecule has 51 heavy (non-hydrogen) atoms. The number of nitrogens with one attached hydrogen (secondary N) is 3. The maximum Gasteiger partial charge on any atom is 0.165 e. The van der Waals surface area contributed by atoms with Crippen LogP contribution in [0.1, 0.15) is 77.1 Å². The molecule has 6 heterocycles. The van der Waals surface area contributed by atoms with Crippen molar-refractivity contribution in [1.82, 2.24) is 59.4 Å². The summed E-state index contributed by atoms with van der Waals surface area (Å²) in [5.41, 5.74) is 14.2. The topological polar surface area (TPSA) is 158 Å². The van der Waals surface area contributed by atoms with Gasteiger partial charge in [-0.3, -0.25) is 14.7 Å². The van der Waals surface area contributed by atoms with Crippen LogP contribution in [0, 0.1) is 5.41 Å². The lowest BCUT2D eigenvalue weighted by Crippen LogP contribution is -2.43. The lowest BCUT2D eigenvalue weighted by molar-refractivity contribution is 0.321. The van der Waals surface area contributed by atoms with E-state index in [2.05, 4.69) is 74.9 Å². The molecule has 1 aliphatic rings. The van der Waals surface area contributed by atoms with E-state index in [0.29, 0.717) is 17.3 Å². The van der Waals surface area contributed by atoms with E-state index in [4.69, 9.17) is 20.8 Å². The van der Waals surface area contributed by atoms with Crippen LogP contribution >= 0.6 is 15.9 Å². The van der Waals surface area contributed by atoms with Crippen LogP contribution < -0.4 is 21.7 Å². The Balaban J connectivity index is 1.09. The molecule has 14 nitrogen and oxygen atoms in total. The molecule has 0 spiro atoms. The Morgan fingerprint density at radius 1 is 0.902 bits per heavy atom. The molecular formula is C36H49BrN14. The average Bonchev–Trinajstić information content (AvgIpc) is 3.89. The number of fused-ring (bicyclic) bond motifs is 2. The van der Waals surface area contributed by atoms with Crippen LogP contribution in [0.2, 0.25) is 0 Å². The van der Waals surface area contributed by atoms with Gasteiger partial charge < -0.3 is 16.4 Å². The number of rotatable bonds is 12. The Hall–Kier alpha value is -4.34. The molecule has 1 fully saturated rings. The average molecular weight is 758 g/mol. The van der Waals surface area contributed by atoms with Crippen molar-refractivity contribution < 1.29 is 0 Å². The molecule has 0 saturated heterocycles. The van der Waals surface area contributed by atoms with E-state index in [9.17, 15) is 0 Å². The minimum Gasteiger partial charge on any atom is -0.384 e. The Morgan fingerprint density at radius 3 is 2.22 bits per heavy atom. The smallest absolute Gasteiger partial charge is 0.165 e.